The summed E-state index contributed by atoms with van der Waals surface area (Å²) < 4.78 is 28.9. The number of carbonyl (C=O) groups excluding carboxylic acids is 1. The number of aromatic amines is 1. The zero-order valence-electron chi connectivity index (χ0n) is 6.88. The van der Waals surface area contributed by atoms with Gasteiger partial charge in [-0.1, -0.05) is 0 Å². The molecular weight excluding hydrogens is 182 g/mol. The van der Waals surface area contributed by atoms with Crippen molar-refractivity contribution in [3.8, 4) is 0 Å². The van der Waals surface area contributed by atoms with Gasteiger partial charge in [0.15, 0.2) is 0 Å². The molecule has 1 aromatic rings. The second-order valence-electron chi connectivity index (χ2n) is 2.22. The molecule has 0 unspecified atom stereocenters. The molecule has 0 aromatic carbocycles. The number of esters is 1. The smallest absolute Gasteiger partial charge is 0.341 e. The SMILES string of the molecule is CCOC(=O)c1cn[nH]c1C(F)F. The van der Waals surface area contributed by atoms with Crippen molar-refractivity contribution in [1.82, 2.24) is 10.2 Å². The molecule has 0 saturated heterocycles. The van der Waals surface area contributed by atoms with Crippen LogP contribution in [0.2, 0.25) is 0 Å². The number of nitrogens with zero attached hydrogens (tertiary/aromatic N) is 1. The van der Waals surface area contributed by atoms with Gasteiger partial charge in [0.1, 0.15) is 11.3 Å². The van der Waals surface area contributed by atoms with E-state index in [1.165, 1.54) is 0 Å². The molecule has 0 aliphatic rings. The summed E-state index contributed by atoms with van der Waals surface area (Å²) in [5, 5.41) is 5.38. The molecule has 0 bridgehead atoms. The monoisotopic (exact) mass is 190 g/mol. The van der Waals surface area contributed by atoms with Crippen molar-refractivity contribution in [3.05, 3.63) is 17.5 Å². The lowest BCUT2D eigenvalue weighted by atomic mass is 10.2. The van der Waals surface area contributed by atoms with Gasteiger partial charge >= 0.3 is 5.97 Å². The third kappa shape index (κ3) is 2.01. The Labute approximate surface area is 72.9 Å². The van der Waals surface area contributed by atoms with E-state index in [0.29, 0.717) is 0 Å². The molecule has 4 nitrogen and oxygen atoms in total. The molecule has 72 valence electrons. The minimum absolute atomic E-state index is 0.146. The van der Waals surface area contributed by atoms with Gasteiger partial charge in [-0.3, -0.25) is 5.10 Å². The van der Waals surface area contributed by atoms with Crippen LogP contribution in [0.4, 0.5) is 8.78 Å². The standard InChI is InChI=1S/C7H8F2N2O2/c1-2-13-7(12)4-3-10-11-5(4)6(8)9/h3,6H,2H2,1H3,(H,10,11). The van der Waals surface area contributed by atoms with Gasteiger partial charge in [0.25, 0.3) is 6.43 Å². The Morgan fingerprint density at radius 3 is 3.00 bits per heavy atom. The number of alkyl halides is 2. The van der Waals surface area contributed by atoms with E-state index in [1.807, 2.05) is 5.10 Å². The number of carbonyl (C=O) groups is 1. The maximum Gasteiger partial charge on any atom is 0.341 e. The Kier molecular flexibility index (Phi) is 2.94. The zero-order chi connectivity index (χ0) is 9.84. The first-order chi connectivity index (χ1) is 6.16. The van der Waals surface area contributed by atoms with Gasteiger partial charge in [-0.05, 0) is 6.92 Å². The molecule has 0 fully saturated rings. The van der Waals surface area contributed by atoms with Crippen LogP contribution < -0.4 is 0 Å². The van der Waals surface area contributed by atoms with E-state index >= 15 is 0 Å². The van der Waals surface area contributed by atoms with E-state index < -0.39 is 18.1 Å². The molecule has 0 spiro atoms. The van der Waals surface area contributed by atoms with E-state index in [1.54, 1.807) is 6.92 Å². The number of halogens is 2. The number of aromatic nitrogens is 2. The first-order valence-corrected chi connectivity index (χ1v) is 3.65. The molecule has 0 saturated carbocycles. The number of ether oxygens (including phenoxy) is 1. The first kappa shape index (κ1) is 9.63. The molecular formula is C7H8F2N2O2. The van der Waals surface area contributed by atoms with Gasteiger partial charge in [-0.15, -0.1) is 0 Å². The summed E-state index contributed by atoms with van der Waals surface area (Å²) in [6.07, 6.45) is -1.72. The molecule has 0 aliphatic carbocycles. The fourth-order valence-corrected chi connectivity index (χ4v) is 0.834. The summed E-state index contributed by atoms with van der Waals surface area (Å²) >= 11 is 0. The van der Waals surface area contributed by atoms with Crippen LogP contribution in [-0.2, 0) is 4.74 Å². The van der Waals surface area contributed by atoms with Crippen LogP contribution in [-0.4, -0.2) is 22.8 Å². The zero-order valence-corrected chi connectivity index (χ0v) is 6.88. The topological polar surface area (TPSA) is 55.0 Å². The second-order valence-corrected chi connectivity index (χ2v) is 2.22. The van der Waals surface area contributed by atoms with Gasteiger partial charge < -0.3 is 4.74 Å². The number of rotatable bonds is 3. The Morgan fingerprint density at radius 1 is 1.77 bits per heavy atom. The summed E-state index contributed by atoms with van der Waals surface area (Å²) in [7, 11) is 0. The minimum atomic E-state index is -2.75. The Bertz CT molecular complexity index is 298. The summed E-state index contributed by atoms with van der Waals surface area (Å²) in [6, 6.07) is 0. The van der Waals surface area contributed by atoms with Crippen molar-refractivity contribution in [3.63, 3.8) is 0 Å². The Morgan fingerprint density at radius 2 is 2.46 bits per heavy atom. The number of hydrogen-bond acceptors (Lipinski definition) is 3. The highest BCUT2D eigenvalue weighted by molar-refractivity contribution is 5.90. The molecule has 0 radical (unpaired) electrons. The van der Waals surface area contributed by atoms with Gasteiger partial charge in [0, 0.05) is 0 Å². The van der Waals surface area contributed by atoms with Crippen LogP contribution in [0.25, 0.3) is 0 Å². The predicted octanol–water partition coefficient (Wildman–Crippen LogP) is 1.52. The minimum Gasteiger partial charge on any atom is -0.462 e. The normalized spacial score (nSPS) is 10.5. The molecule has 6 heteroatoms. The highest BCUT2D eigenvalue weighted by Gasteiger charge is 2.21. The average molecular weight is 190 g/mol. The van der Waals surface area contributed by atoms with Crippen LogP contribution in [0, 0.1) is 0 Å². The van der Waals surface area contributed by atoms with Crippen LogP contribution in [0.15, 0.2) is 6.20 Å². The predicted molar refractivity (Wildman–Crippen MR) is 39.5 cm³/mol. The van der Waals surface area contributed by atoms with Crippen molar-refractivity contribution < 1.29 is 18.3 Å². The molecule has 1 aromatic heterocycles. The highest BCUT2D eigenvalue weighted by Crippen LogP contribution is 2.20. The van der Waals surface area contributed by atoms with Crippen LogP contribution in [0.1, 0.15) is 29.4 Å². The van der Waals surface area contributed by atoms with Crippen LogP contribution in [0.3, 0.4) is 0 Å². The van der Waals surface area contributed by atoms with Gasteiger partial charge in [0.2, 0.25) is 0 Å². The van der Waals surface area contributed by atoms with Crippen molar-refractivity contribution in [2.75, 3.05) is 6.61 Å². The summed E-state index contributed by atoms with van der Waals surface area (Å²) in [6.45, 7) is 1.74. The molecule has 0 aliphatic heterocycles. The summed E-state index contributed by atoms with van der Waals surface area (Å²) in [4.78, 5) is 11.0. The number of H-pyrrole nitrogens is 1. The van der Waals surface area contributed by atoms with E-state index in [0.717, 1.165) is 6.20 Å². The van der Waals surface area contributed by atoms with Crippen molar-refractivity contribution >= 4 is 5.97 Å². The van der Waals surface area contributed by atoms with Crippen molar-refractivity contribution in [2.45, 2.75) is 13.3 Å². The average Bonchev–Trinajstić information content (AvgIpc) is 2.52. The Hall–Kier alpha value is -1.46. The van der Waals surface area contributed by atoms with E-state index in [-0.39, 0.29) is 12.2 Å². The summed E-state index contributed by atoms with van der Waals surface area (Å²) in [5.41, 5.74) is -0.713. The lowest BCUT2D eigenvalue weighted by Gasteiger charge is -2.00. The maximum absolute atomic E-state index is 12.2. The van der Waals surface area contributed by atoms with Crippen molar-refractivity contribution in [1.29, 1.82) is 0 Å². The van der Waals surface area contributed by atoms with Crippen molar-refractivity contribution in [2.24, 2.45) is 0 Å². The molecule has 0 amide bonds. The third-order valence-corrected chi connectivity index (χ3v) is 1.38. The van der Waals surface area contributed by atoms with Gasteiger partial charge in [-0.2, -0.15) is 5.10 Å². The van der Waals surface area contributed by atoms with Gasteiger partial charge in [-0.25, -0.2) is 13.6 Å². The maximum atomic E-state index is 12.2. The van der Waals surface area contributed by atoms with E-state index in [2.05, 4.69) is 9.84 Å². The van der Waals surface area contributed by atoms with E-state index in [4.69, 9.17) is 0 Å². The van der Waals surface area contributed by atoms with Crippen LogP contribution in [0.5, 0.6) is 0 Å². The molecule has 0 atom stereocenters. The molecule has 1 rings (SSSR count). The largest absolute Gasteiger partial charge is 0.462 e. The quantitative estimate of drug-likeness (QED) is 0.735. The molecule has 1 heterocycles. The highest BCUT2D eigenvalue weighted by atomic mass is 19.3. The van der Waals surface area contributed by atoms with Gasteiger partial charge in [0.05, 0.1) is 12.8 Å². The summed E-state index contributed by atoms with van der Waals surface area (Å²) in [5.74, 6) is -0.786. The van der Waals surface area contributed by atoms with Crippen LogP contribution >= 0.6 is 0 Å². The van der Waals surface area contributed by atoms with E-state index in [9.17, 15) is 13.6 Å². The number of nitrogens with one attached hydrogen (secondary N) is 1. The lowest BCUT2D eigenvalue weighted by molar-refractivity contribution is 0.0515. The lowest BCUT2D eigenvalue weighted by Crippen LogP contribution is -2.06. The Balaban J connectivity index is 2.87. The second kappa shape index (κ2) is 3.97. The fourth-order valence-electron chi connectivity index (χ4n) is 0.834. The molecule has 13 heavy (non-hydrogen) atoms. The third-order valence-electron chi connectivity index (χ3n) is 1.38. The first-order valence-electron chi connectivity index (χ1n) is 3.65. The number of hydrogen-bond donors (Lipinski definition) is 1. The molecule has 1 N–H and O–H groups in total. The fraction of sp³-hybridized carbons (Fsp3) is 0.429.